The van der Waals surface area contributed by atoms with Gasteiger partial charge in [0.05, 0.1) is 0 Å². The summed E-state index contributed by atoms with van der Waals surface area (Å²) in [5.41, 5.74) is 3.13. The summed E-state index contributed by atoms with van der Waals surface area (Å²) in [5, 5.41) is 0. The fourth-order valence-electron chi connectivity index (χ4n) is 3.59. The van der Waals surface area contributed by atoms with Crippen LogP contribution in [0.4, 0.5) is 0 Å². The number of nitrogens with one attached hydrogen (secondary N) is 1. The minimum absolute atomic E-state index is 0.574. The number of hydrazine groups is 1. The molecule has 0 aromatic heterocycles. The van der Waals surface area contributed by atoms with Crippen molar-refractivity contribution in [3.05, 3.63) is 0 Å². The van der Waals surface area contributed by atoms with Crippen LogP contribution in [0.5, 0.6) is 0 Å². The first-order valence-corrected chi connectivity index (χ1v) is 7.22. The zero-order valence-electron chi connectivity index (χ0n) is 10.9. The van der Waals surface area contributed by atoms with Crippen LogP contribution >= 0.6 is 0 Å². The van der Waals surface area contributed by atoms with Gasteiger partial charge in [0.25, 0.3) is 0 Å². The highest BCUT2D eigenvalue weighted by Crippen LogP contribution is 2.42. The predicted octanol–water partition coefficient (Wildman–Crippen LogP) is 3.08. The van der Waals surface area contributed by atoms with E-state index >= 15 is 0 Å². The van der Waals surface area contributed by atoms with Crippen molar-refractivity contribution in [1.29, 1.82) is 0 Å². The molecule has 0 saturated heterocycles. The zero-order valence-corrected chi connectivity index (χ0v) is 10.9. The van der Waals surface area contributed by atoms with Crippen LogP contribution in [0.3, 0.4) is 0 Å². The summed E-state index contributed by atoms with van der Waals surface area (Å²) in [7, 11) is 0. The topological polar surface area (TPSA) is 38.0 Å². The van der Waals surface area contributed by atoms with Crippen LogP contribution in [0, 0.1) is 23.7 Å². The summed E-state index contributed by atoms with van der Waals surface area (Å²) < 4.78 is 0. The summed E-state index contributed by atoms with van der Waals surface area (Å²) in [6, 6.07) is 0.574. The zero-order chi connectivity index (χ0) is 11.5. The molecule has 0 aromatic rings. The standard InChI is InChI=1S/C14H28N2/c1-3-11-4-6-13(7-5-11)14(16-15)10(2)12-8-9-12/h10-14,16H,3-9,15H2,1-2H3. The minimum Gasteiger partial charge on any atom is -0.271 e. The Labute approximate surface area is 100 Å². The molecule has 2 rings (SSSR count). The van der Waals surface area contributed by atoms with E-state index in [1.165, 1.54) is 44.9 Å². The van der Waals surface area contributed by atoms with Gasteiger partial charge < -0.3 is 0 Å². The third kappa shape index (κ3) is 2.78. The van der Waals surface area contributed by atoms with E-state index in [1.807, 2.05) is 0 Å². The van der Waals surface area contributed by atoms with Gasteiger partial charge >= 0.3 is 0 Å². The molecule has 0 aromatic carbocycles. The molecule has 2 fully saturated rings. The van der Waals surface area contributed by atoms with Crippen molar-refractivity contribution in [3.8, 4) is 0 Å². The molecule has 16 heavy (non-hydrogen) atoms. The van der Waals surface area contributed by atoms with Gasteiger partial charge in [-0.05, 0) is 49.4 Å². The number of hydrogen-bond donors (Lipinski definition) is 2. The molecule has 0 amide bonds. The fraction of sp³-hybridized carbons (Fsp3) is 1.00. The quantitative estimate of drug-likeness (QED) is 0.556. The lowest BCUT2D eigenvalue weighted by molar-refractivity contribution is 0.172. The Morgan fingerprint density at radius 1 is 1.06 bits per heavy atom. The lowest BCUT2D eigenvalue weighted by Crippen LogP contribution is -2.47. The Balaban J connectivity index is 1.84. The van der Waals surface area contributed by atoms with Crippen molar-refractivity contribution in [3.63, 3.8) is 0 Å². The van der Waals surface area contributed by atoms with Crippen molar-refractivity contribution < 1.29 is 0 Å². The Morgan fingerprint density at radius 3 is 2.06 bits per heavy atom. The first-order chi connectivity index (χ1) is 7.76. The van der Waals surface area contributed by atoms with Gasteiger partial charge in [-0.15, -0.1) is 0 Å². The van der Waals surface area contributed by atoms with Crippen LogP contribution in [-0.2, 0) is 0 Å². The molecule has 0 spiro atoms. The molecule has 3 N–H and O–H groups in total. The van der Waals surface area contributed by atoms with Crippen LogP contribution < -0.4 is 11.3 Å². The monoisotopic (exact) mass is 224 g/mol. The van der Waals surface area contributed by atoms with Gasteiger partial charge in [0, 0.05) is 6.04 Å². The predicted molar refractivity (Wildman–Crippen MR) is 68.7 cm³/mol. The molecular weight excluding hydrogens is 196 g/mol. The van der Waals surface area contributed by atoms with Gasteiger partial charge in [-0.2, -0.15) is 0 Å². The average molecular weight is 224 g/mol. The Bertz CT molecular complexity index is 205. The largest absolute Gasteiger partial charge is 0.271 e. The highest BCUT2D eigenvalue weighted by molar-refractivity contribution is 4.90. The van der Waals surface area contributed by atoms with E-state index in [4.69, 9.17) is 5.84 Å². The first kappa shape index (κ1) is 12.4. The van der Waals surface area contributed by atoms with E-state index in [0.717, 1.165) is 23.7 Å². The second kappa shape index (κ2) is 5.50. The molecule has 2 atom stereocenters. The molecule has 0 aliphatic heterocycles. The Hall–Kier alpha value is -0.0800. The van der Waals surface area contributed by atoms with Gasteiger partial charge in [0.1, 0.15) is 0 Å². The lowest BCUT2D eigenvalue weighted by Gasteiger charge is -2.36. The van der Waals surface area contributed by atoms with E-state index in [2.05, 4.69) is 19.3 Å². The molecule has 2 saturated carbocycles. The third-order valence-electron chi connectivity index (χ3n) is 5.10. The van der Waals surface area contributed by atoms with Crippen LogP contribution in [0.25, 0.3) is 0 Å². The third-order valence-corrected chi connectivity index (χ3v) is 5.10. The van der Waals surface area contributed by atoms with Gasteiger partial charge in [-0.25, -0.2) is 0 Å². The molecular formula is C14H28N2. The first-order valence-electron chi connectivity index (χ1n) is 7.22. The Morgan fingerprint density at radius 2 is 1.62 bits per heavy atom. The van der Waals surface area contributed by atoms with Crippen LogP contribution in [0.2, 0.25) is 0 Å². The van der Waals surface area contributed by atoms with Gasteiger partial charge in [0.15, 0.2) is 0 Å². The van der Waals surface area contributed by atoms with E-state index < -0.39 is 0 Å². The second-order valence-electron chi connectivity index (χ2n) is 6.08. The molecule has 2 aliphatic carbocycles. The highest BCUT2D eigenvalue weighted by Gasteiger charge is 2.37. The van der Waals surface area contributed by atoms with Crippen LogP contribution in [0.1, 0.15) is 58.8 Å². The van der Waals surface area contributed by atoms with Crippen molar-refractivity contribution in [2.75, 3.05) is 0 Å². The van der Waals surface area contributed by atoms with Crippen LogP contribution in [-0.4, -0.2) is 6.04 Å². The van der Waals surface area contributed by atoms with Crippen molar-refractivity contribution >= 4 is 0 Å². The van der Waals surface area contributed by atoms with Gasteiger partial charge in [-0.1, -0.05) is 33.1 Å². The van der Waals surface area contributed by atoms with Gasteiger partial charge in [0.2, 0.25) is 0 Å². The van der Waals surface area contributed by atoms with Crippen LogP contribution in [0.15, 0.2) is 0 Å². The summed E-state index contributed by atoms with van der Waals surface area (Å²) in [5.74, 6) is 9.36. The van der Waals surface area contributed by atoms with Gasteiger partial charge in [-0.3, -0.25) is 11.3 Å². The van der Waals surface area contributed by atoms with Crippen molar-refractivity contribution in [2.45, 2.75) is 64.8 Å². The van der Waals surface area contributed by atoms with Crippen molar-refractivity contribution in [2.24, 2.45) is 29.5 Å². The van der Waals surface area contributed by atoms with Crippen molar-refractivity contribution in [1.82, 2.24) is 5.43 Å². The van der Waals surface area contributed by atoms with E-state index in [1.54, 1.807) is 0 Å². The maximum Gasteiger partial charge on any atom is 0.0267 e. The Kier molecular flexibility index (Phi) is 4.26. The number of hydrogen-bond acceptors (Lipinski definition) is 2. The van der Waals surface area contributed by atoms with E-state index in [9.17, 15) is 0 Å². The molecule has 2 aliphatic rings. The normalized spacial score (nSPS) is 34.7. The fourth-order valence-corrected chi connectivity index (χ4v) is 3.59. The second-order valence-corrected chi connectivity index (χ2v) is 6.08. The SMILES string of the molecule is CCC1CCC(C(NN)C(C)C2CC2)CC1. The summed E-state index contributed by atoms with van der Waals surface area (Å²) in [6.45, 7) is 4.73. The maximum atomic E-state index is 5.79. The molecule has 2 nitrogen and oxygen atoms in total. The lowest BCUT2D eigenvalue weighted by atomic mass is 9.74. The molecule has 0 bridgehead atoms. The number of nitrogens with two attached hydrogens (primary N) is 1. The highest BCUT2D eigenvalue weighted by atomic mass is 15.2. The summed E-state index contributed by atoms with van der Waals surface area (Å²) in [6.07, 6.45) is 9.88. The average Bonchev–Trinajstić information content (AvgIpc) is 3.14. The smallest absolute Gasteiger partial charge is 0.0267 e. The molecule has 2 unspecified atom stereocenters. The number of rotatable bonds is 5. The molecule has 2 heteroatoms. The molecule has 94 valence electrons. The van der Waals surface area contributed by atoms with E-state index in [-0.39, 0.29) is 0 Å². The maximum absolute atomic E-state index is 5.79. The van der Waals surface area contributed by atoms with E-state index in [0.29, 0.717) is 6.04 Å². The molecule has 0 radical (unpaired) electrons. The summed E-state index contributed by atoms with van der Waals surface area (Å²) >= 11 is 0. The minimum atomic E-state index is 0.574. The summed E-state index contributed by atoms with van der Waals surface area (Å²) in [4.78, 5) is 0. The molecule has 0 heterocycles.